The van der Waals surface area contributed by atoms with Gasteiger partial charge in [0.15, 0.2) is 0 Å². The smallest absolute Gasteiger partial charge is 0.309 e. The Hall–Kier alpha value is -0.610. The summed E-state index contributed by atoms with van der Waals surface area (Å²) in [5.74, 6) is 1.32. The molecule has 3 unspecified atom stereocenters. The Kier molecular flexibility index (Phi) is 3.46. The molecule has 0 aromatic rings. The molecule has 0 aliphatic carbocycles. The van der Waals surface area contributed by atoms with Gasteiger partial charge in [0, 0.05) is 25.2 Å². The standard InChI is InChI=1S/C13H24N2O2/c1-9(12(16)17-4)7-15-8-10-5-14-6-11(10)13(15,2)3/h9-11,14H,5-8H2,1-4H3. The van der Waals surface area contributed by atoms with Gasteiger partial charge in [0.1, 0.15) is 0 Å². The van der Waals surface area contributed by atoms with Crippen LogP contribution in [0.3, 0.4) is 0 Å². The van der Waals surface area contributed by atoms with Crippen molar-refractivity contribution in [3.8, 4) is 0 Å². The number of carbonyl (C=O) groups excluding carboxylic acids is 1. The Bertz CT molecular complexity index is 304. The van der Waals surface area contributed by atoms with Gasteiger partial charge < -0.3 is 10.1 Å². The van der Waals surface area contributed by atoms with E-state index in [4.69, 9.17) is 4.74 Å². The van der Waals surface area contributed by atoms with Crippen molar-refractivity contribution >= 4 is 5.97 Å². The molecule has 0 aromatic heterocycles. The molecular formula is C13H24N2O2. The van der Waals surface area contributed by atoms with Crippen LogP contribution >= 0.6 is 0 Å². The maximum absolute atomic E-state index is 11.5. The molecule has 3 atom stereocenters. The van der Waals surface area contributed by atoms with Gasteiger partial charge in [-0.2, -0.15) is 0 Å². The zero-order valence-electron chi connectivity index (χ0n) is 11.3. The summed E-state index contributed by atoms with van der Waals surface area (Å²) in [5, 5.41) is 3.47. The minimum absolute atomic E-state index is 0.0361. The van der Waals surface area contributed by atoms with Gasteiger partial charge >= 0.3 is 5.97 Å². The van der Waals surface area contributed by atoms with Crippen LogP contribution in [-0.2, 0) is 9.53 Å². The molecular weight excluding hydrogens is 216 g/mol. The molecule has 4 nitrogen and oxygen atoms in total. The van der Waals surface area contributed by atoms with E-state index < -0.39 is 0 Å². The molecule has 17 heavy (non-hydrogen) atoms. The number of rotatable bonds is 3. The predicted octanol–water partition coefficient (Wildman–Crippen LogP) is 0.725. The summed E-state index contributed by atoms with van der Waals surface area (Å²) < 4.78 is 4.81. The number of carbonyl (C=O) groups is 1. The van der Waals surface area contributed by atoms with Crippen molar-refractivity contribution in [1.82, 2.24) is 10.2 Å². The van der Waals surface area contributed by atoms with Crippen molar-refractivity contribution in [2.75, 3.05) is 33.3 Å². The molecule has 4 heteroatoms. The van der Waals surface area contributed by atoms with Crippen molar-refractivity contribution < 1.29 is 9.53 Å². The Morgan fingerprint density at radius 2 is 2.24 bits per heavy atom. The first kappa shape index (κ1) is 12.8. The quantitative estimate of drug-likeness (QED) is 0.738. The Balaban J connectivity index is 2.00. The SMILES string of the molecule is COC(=O)C(C)CN1CC2CNCC2C1(C)C. The molecule has 2 aliphatic rings. The molecule has 1 N–H and O–H groups in total. The lowest BCUT2D eigenvalue weighted by Gasteiger charge is -2.36. The van der Waals surface area contributed by atoms with Crippen molar-refractivity contribution in [2.45, 2.75) is 26.3 Å². The largest absolute Gasteiger partial charge is 0.469 e. The van der Waals surface area contributed by atoms with Gasteiger partial charge in [-0.3, -0.25) is 9.69 Å². The van der Waals surface area contributed by atoms with Crippen LogP contribution in [0.5, 0.6) is 0 Å². The number of hydrogen-bond donors (Lipinski definition) is 1. The van der Waals surface area contributed by atoms with E-state index in [2.05, 4.69) is 24.1 Å². The van der Waals surface area contributed by atoms with Gasteiger partial charge in [-0.05, 0) is 32.2 Å². The lowest BCUT2D eigenvalue weighted by Crippen LogP contribution is -2.47. The lowest BCUT2D eigenvalue weighted by atomic mass is 9.84. The molecule has 0 amide bonds. The summed E-state index contributed by atoms with van der Waals surface area (Å²) in [6, 6.07) is 0. The van der Waals surface area contributed by atoms with Crippen LogP contribution < -0.4 is 5.32 Å². The highest BCUT2D eigenvalue weighted by atomic mass is 16.5. The zero-order valence-corrected chi connectivity index (χ0v) is 11.3. The number of ether oxygens (including phenoxy) is 1. The highest BCUT2D eigenvalue weighted by Gasteiger charge is 2.49. The Labute approximate surface area is 104 Å². The summed E-state index contributed by atoms with van der Waals surface area (Å²) in [4.78, 5) is 14.0. The van der Waals surface area contributed by atoms with Crippen LogP contribution in [0.1, 0.15) is 20.8 Å². The first-order valence-corrected chi connectivity index (χ1v) is 6.50. The highest BCUT2D eigenvalue weighted by molar-refractivity contribution is 5.72. The molecule has 2 heterocycles. The highest BCUT2D eigenvalue weighted by Crippen LogP contribution is 2.40. The van der Waals surface area contributed by atoms with Crippen molar-refractivity contribution in [1.29, 1.82) is 0 Å². The number of fused-ring (bicyclic) bond motifs is 1. The van der Waals surface area contributed by atoms with Crippen LogP contribution in [0.15, 0.2) is 0 Å². The van der Waals surface area contributed by atoms with Gasteiger partial charge in [0.25, 0.3) is 0 Å². The van der Waals surface area contributed by atoms with E-state index in [0.29, 0.717) is 5.92 Å². The fourth-order valence-electron chi connectivity index (χ4n) is 3.42. The third-order valence-electron chi connectivity index (χ3n) is 4.61. The molecule has 0 spiro atoms. The normalized spacial score (nSPS) is 33.4. The molecule has 0 radical (unpaired) electrons. The molecule has 2 fully saturated rings. The monoisotopic (exact) mass is 240 g/mol. The van der Waals surface area contributed by atoms with Gasteiger partial charge in [0.2, 0.25) is 0 Å². The van der Waals surface area contributed by atoms with Gasteiger partial charge in [-0.25, -0.2) is 0 Å². The van der Waals surface area contributed by atoms with E-state index in [1.165, 1.54) is 7.11 Å². The zero-order chi connectivity index (χ0) is 12.6. The second-order valence-electron chi connectivity index (χ2n) is 6.01. The molecule has 2 rings (SSSR count). The topological polar surface area (TPSA) is 41.6 Å². The number of likely N-dealkylation sites (tertiary alicyclic amines) is 1. The van der Waals surface area contributed by atoms with E-state index in [1.54, 1.807) is 0 Å². The van der Waals surface area contributed by atoms with E-state index in [-0.39, 0.29) is 17.4 Å². The average Bonchev–Trinajstić information content (AvgIpc) is 2.82. The Morgan fingerprint density at radius 1 is 1.53 bits per heavy atom. The summed E-state index contributed by atoms with van der Waals surface area (Å²) in [7, 11) is 1.46. The molecule has 0 aromatic carbocycles. The summed E-state index contributed by atoms with van der Waals surface area (Å²) in [6.07, 6.45) is 0. The molecule has 2 saturated heterocycles. The average molecular weight is 240 g/mol. The summed E-state index contributed by atoms with van der Waals surface area (Å²) in [5.41, 5.74) is 0.191. The molecule has 2 aliphatic heterocycles. The maximum Gasteiger partial charge on any atom is 0.309 e. The Morgan fingerprint density at radius 3 is 2.82 bits per heavy atom. The van der Waals surface area contributed by atoms with Crippen LogP contribution in [0, 0.1) is 17.8 Å². The van der Waals surface area contributed by atoms with Crippen molar-refractivity contribution in [3.05, 3.63) is 0 Å². The summed E-state index contributed by atoms with van der Waals surface area (Å²) >= 11 is 0. The van der Waals surface area contributed by atoms with Crippen molar-refractivity contribution in [2.24, 2.45) is 17.8 Å². The van der Waals surface area contributed by atoms with Crippen LogP contribution in [0.25, 0.3) is 0 Å². The number of nitrogens with zero attached hydrogens (tertiary/aromatic N) is 1. The third kappa shape index (κ3) is 2.20. The van der Waals surface area contributed by atoms with Gasteiger partial charge in [-0.1, -0.05) is 6.92 Å². The van der Waals surface area contributed by atoms with E-state index >= 15 is 0 Å². The van der Waals surface area contributed by atoms with Crippen LogP contribution in [-0.4, -0.2) is 49.7 Å². The van der Waals surface area contributed by atoms with Crippen LogP contribution in [0.4, 0.5) is 0 Å². The summed E-state index contributed by atoms with van der Waals surface area (Å²) in [6.45, 7) is 10.7. The van der Waals surface area contributed by atoms with E-state index in [0.717, 1.165) is 32.1 Å². The maximum atomic E-state index is 11.5. The van der Waals surface area contributed by atoms with Crippen LogP contribution in [0.2, 0.25) is 0 Å². The second kappa shape index (κ2) is 4.58. The van der Waals surface area contributed by atoms with Gasteiger partial charge in [0.05, 0.1) is 13.0 Å². The fraction of sp³-hybridized carbons (Fsp3) is 0.923. The molecule has 0 saturated carbocycles. The minimum Gasteiger partial charge on any atom is -0.469 e. The first-order chi connectivity index (χ1) is 7.96. The molecule has 0 bridgehead atoms. The molecule has 98 valence electrons. The number of hydrogen-bond acceptors (Lipinski definition) is 4. The lowest BCUT2D eigenvalue weighted by molar-refractivity contribution is -0.145. The second-order valence-corrected chi connectivity index (χ2v) is 6.01. The van der Waals surface area contributed by atoms with Crippen molar-refractivity contribution in [3.63, 3.8) is 0 Å². The number of nitrogens with one attached hydrogen (secondary N) is 1. The third-order valence-corrected chi connectivity index (χ3v) is 4.61. The fourth-order valence-corrected chi connectivity index (χ4v) is 3.42. The van der Waals surface area contributed by atoms with Gasteiger partial charge in [-0.15, -0.1) is 0 Å². The number of esters is 1. The van der Waals surface area contributed by atoms with E-state index in [1.807, 2.05) is 6.92 Å². The number of methoxy groups -OCH3 is 1. The minimum atomic E-state index is -0.101. The first-order valence-electron chi connectivity index (χ1n) is 6.50. The van der Waals surface area contributed by atoms with E-state index in [9.17, 15) is 4.79 Å². The predicted molar refractivity (Wildman–Crippen MR) is 66.7 cm³/mol.